The lowest BCUT2D eigenvalue weighted by atomic mass is 10.1. The zero-order chi connectivity index (χ0) is 14.2. The third-order valence-electron chi connectivity index (χ3n) is 2.35. The molecule has 0 aliphatic rings. The Labute approximate surface area is 115 Å². The van der Waals surface area contributed by atoms with Gasteiger partial charge in [-0.3, -0.25) is 4.98 Å². The van der Waals surface area contributed by atoms with Crippen molar-refractivity contribution >= 4 is 23.2 Å². The van der Waals surface area contributed by atoms with Crippen LogP contribution >= 0.6 is 23.2 Å². The van der Waals surface area contributed by atoms with Crippen molar-refractivity contribution in [1.82, 2.24) is 4.98 Å². The standard InChI is InChI=1S/C12H5Cl2F4N/c13-7-1-2-9(14)8(4-7)11-10(15)3-6(5-19-11)12(16,17)18/h1-5H. The summed E-state index contributed by atoms with van der Waals surface area (Å²) >= 11 is 11.6. The first kappa shape index (κ1) is 14.1. The van der Waals surface area contributed by atoms with E-state index in [-0.39, 0.29) is 21.3 Å². The smallest absolute Gasteiger partial charge is 0.252 e. The van der Waals surface area contributed by atoms with Gasteiger partial charge in [0.25, 0.3) is 0 Å². The van der Waals surface area contributed by atoms with Crippen LogP contribution in [0.2, 0.25) is 10.0 Å². The van der Waals surface area contributed by atoms with E-state index in [0.29, 0.717) is 12.3 Å². The zero-order valence-corrected chi connectivity index (χ0v) is 10.6. The number of rotatable bonds is 1. The lowest BCUT2D eigenvalue weighted by Crippen LogP contribution is -2.07. The van der Waals surface area contributed by atoms with Gasteiger partial charge in [0.1, 0.15) is 11.5 Å². The van der Waals surface area contributed by atoms with E-state index in [4.69, 9.17) is 23.2 Å². The van der Waals surface area contributed by atoms with Crippen LogP contribution in [-0.2, 0) is 6.18 Å². The van der Waals surface area contributed by atoms with Crippen molar-refractivity contribution in [2.45, 2.75) is 6.18 Å². The first-order chi connectivity index (χ1) is 8.79. The van der Waals surface area contributed by atoms with Crippen LogP contribution in [0.4, 0.5) is 17.6 Å². The Balaban J connectivity index is 2.55. The molecule has 0 atom stereocenters. The Kier molecular flexibility index (Phi) is 3.69. The Morgan fingerprint density at radius 1 is 1.05 bits per heavy atom. The lowest BCUT2D eigenvalue weighted by molar-refractivity contribution is -0.138. The molecule has 0 radical (unpaired) electrons. The number of aromatic nitrogens is 1. The van der Waals surface area contributed by atoms with Gasteiger partial charge in [-0.1, -0.05) is 23.2 Å². The lowest BCUT2D eigenvalue weighted by Gasteiger charge is -2.09. The van der Waals surface area contributed by atoms with Crippen LogP contribution in [0.25, 0.3) is 11.3 Å². The van der Waals surface area contributed by atoms with Crippen LogP contribution in [0, 0.1) is 5.82 Å². The summed E-state index contributed by atoms with van der Waals surface area (Å²) in [5, 5.41) is 0.427. The quantitative estimate of drug-likeness (QED) is 0.659. The monoisotopic (exact) mass is 309 g/mol. The van der Waals surface area contributed by atoms with E-state index >= 15 is 0 Å². The third-order valence-corrected chi connectivity index (χ3v) is 2.92. The molecule has 0 aliphatic heterocycles. The molecule has 1 aromatic heterocycles. The second-order valence-electron chi connectivity index (χ2n) is 3.68. The second kappa shape index (κ2) is 4.98. The highest BCUT2D eigenvalue weighted by Gasteiger charge is 2.32. The number of hydrogen-bond acceptors (Lipinski definition) is 1. The summed E-state index contributed by atoms with van der Waals surface area (Å²) in [5.74, 6) is -1.11. The van der Waals surface area contributed by atoms with Crippen LogP contribution in [0.15, 0.2) is 30.5 Å². The summed E-state index contributed by atoms with van der Waals surface area (Å²) in [5.41, 5.74) is -1.30. The summed E-state index contributed by atoms with van der Waals surface area (Å²) in [4.78, 5) is 3.48. The molecule has 1 heterocycles. The normalized spacial score (nSPS) is 11.7. The summed E-state index contributed by atoms with van der Waals surface area (Å²) in [6.07, 6.45) is -4.10. The van der Waals surface area contributed by atoms with Crippen molar-refractivity contribution in [3.8, 4) is 11.3 Å². The van der Waals surface area contributed by atoms with Gasteiger partial charge in [0.15, 0.2) is 0 Å². The van der Waals surface area contributed by atoms with Gasteiger partial charge in [0, 0.05) is 16.8 Å². The minimum absolute atomic E-state index is 0.139. The maximum Gasteiger partial charge on any atom is 0.417 e. The van der Waals surface area contributed by atoms with E-state index in [0.717, 1.165) is 0 Å². The highest BCUT2D eigenvalue weighted by Crippen LogP contribution is 2.34. The van der Waals surface area contributed by atoms with E-state index in [9.17, 15) is 17.6 Å². The van der Waals surface area contributed by atoms with Crippen molar-refractivity contribution in [2.75, 3.05) is 0 Å². The average Bonchev–Trinajstić information content (AvgIpc) is 2.31. The number of benzene rings is 1. The fourth-order valence-electron chi connectivity index (χ4n) is 1.47. The number of alkyl halides is 3. The molecular formula is C12H5Cl2F4N. The van der Waals surface area contributed by atoms with Crippen molar-refractivity contribution in [3.63, 3.8) is 0 Å². The van der Waals surface area contributed by atoms with Gasteiger partial charge >= 0.3 is 6.18 Å². The molecule has 0 aliphatic carbocycles. The molecule has 0 bridgehead atoms. The topological polar surface area (TPSA) is 12.9 Å². The van der Waals surface area contributed by atoms with Crippen LogP contribution in [0.5, 0.6) is 0 Å². The third kappa shape index (κ3) is 2.98. The largest absolute Gasteiger partial charge is 0.417 e. The Morgan fingerprint density at radius 3 is 2.32 bits per heavy atom. The van der Waals surface area contributed by atoms with E-state index in [1.165, 1.54) is 18.2 Å². The van der Waals surface area contributed by atoms with Gasteiger partial charge in [0.05, 0.1) is 10.6 Å². The van der Waals surface area contributed by atoms with E-state index in [1.807, 2.05) is 0 Å². The Bertz CT molecular complexity index is 626. The highest BCUT2D eigenvalue weighted by atomic mass is 35.5. The van der Waals surface area contributed by atoms with Crippen molar-refractivity contribution < 1.29 is 17.6 Å². The van der Waals surface area contributed by atoms with Gasteiger partial charge in [-0.05, 0) is 24.3 Å². The minimum Gasteiger partial charge on any atom is -0.252 e. The maximum atomic E-state index is 13.7. The Morgan fingerprint density at radius 2 is 1.74 bits per heavy atom. The van der Waals surface area contributed by atoms with Crippen LogP contribution in [-0.4, -0.2) is 4.98 Å². The number of hydrogen-bond donors (Lipinski definition) is 0. The molecule has 2 aromatic rings. The second-order valence-corrected chi connectivity index (χ2v) is 4.52. The van der Waals surface area contributed by atoms with Gasteiger partial charge in [0.2, 0.25) is 0 Å². The van der Waals surface area contributed by atoms with Crippen LogP contribution in [0.1, 0.15) is 5.56 Å². The maximum absolute atomic E-state index is 13.7. The molecular weight excluding hydrogens is 305 g/mol. The van der Waals surface area contributed by atoms with Gasteiger partial charge in [-0.15, -0.1) is 0 Å². The number of nitrogens with zero attached hydrogens (tertiary/aromatic N) is 1. The fraction of sp³-hybridized carbons (Fsp3) is 0.0833. The zero-order valence-electron chi connectivity index (χ0n) is 9.10. The summed E-state index contributed by atoms with van der Waals surface area (Å²) in [7, 11) is 0. The van der Waals surface area contributed by atoms with Crippen LogP contribution in [0.3, 0.4) is 0 Å². The molecule has 2 rings (SSSR count). The first-order valence-corrected chi connectivity index (χ1v) is 5.73. The molecule has 1 aromatic carbocycles. The molecule has 1 nitrogen and oxygen atoms in total. The molecule has 7 heteroatoms. The number of pyridine rings is 1. The highest BCUT2D eigenvalue weighted by molar-refractivity contribution is 6.35. The first-order valence-electron chi connectivity index (χ1n) is 4.97. The van der Waals surface area contributed by atoms with E-state index in [1.54, 1.807) is 0 Å². The predicted molar refractivity (Wildman–Crippen MR) is 64.7 cm³/mol. The van der Waals surface area contributed by atoms with Crippen molar-refractivity contribution in [3.05, 3.63) is 51.9 Å². The van der Waals surface area contributed by atoms with Gasteiger partial charge < -0.3 is 0 Å². The average molecular weight is 310 g/mol. The van der Waals surface area contributed by atoms with Gasteiger partial charge in [-0.2, -0.15) is 13.2 Å². The SMILES string of the molecule is Fc1cc(C(F)(F)F)cnc1-c1cc(Cl)ccc1Cl. The van der Waals surface area contributed by atoms with Crippen LogP contribution < -0.4 is 0 Å². The molecule has 0 saturated carbocycles. The molecule has 0 fully saturated rings. The van der Waals surface area contributed by atoms with Crippen molar-refractivity contribution in [1.29, 1.82) is 0 Å². The molecule has 0 unspecified atom stereocenters. The number of halogens is 6. The summed E-state index contributed by atoms with van der Waals surface area (Å²) in [6, 6.07) is 4.61. The molecule has 19 heavy (non-hydrogen) atoms. The molecule has 0 saturated heterocycles. The van der Waals surface area contributed by atoms with E-state index < -0.39 is 17.6 Å². The minimum atomic E-state index is -4.65. The molecule has 100 valence electrons. The van der Waals surface area contributed by atoms with Gasteiger partial charge in [-0.25, -0.2) is 4.39 Å². The van der Waals surface area contributed by atoms with Crippen molar-refractivity contribution in [2.24, 2.45) is 0 Å². The molecule has 0 N–H and O–H groups in total. The summed E-state index contributed by atoms with van der Waals surface area (Å²) < 4.78 is 50.9. The van der Waals surface area contributed by atoms with E-state index in [2.05, 4.69) is 4.98 Å². The molecule has 0 amide bonds. The molecule has 0 spiro atoms. The predicted octanol–water partition coefficient (Wildman–Crippen LogP) is 5.21. The summed E-state index contributed by atoms with van der Waals surface area (Å²) in [6.45, 7) is 0. The fourth-order valence-corrected chi connectivity index (χ4v) is 1.85. The Hall–Kier alpha value is -1.33.